The monoisotopic (exact) mass is 448 g/mol. The number of carbonyl (C=O) groups is 1. The molecule has 3 aromatic carbocycles. The van der Waals surface area contributed by atoms with Crippen LogP contribution in [0.3, 0.4) is 0 Å². The van der Waals surface area contributed by atoms with Crippen LogP contribution in [-0.4, -0.2) is 26.6 Å². The first kappa shape index (κ1) is 22.1. The molecule has 0 bridgehead atoms. The van der Waals surface area contributed by atoms with Crippen molar-refractivity contribution < 1.29 is 13.2 Å². The highest BCUT2D eigenvalue weighted by Gasteiger charge is 2.31. The Kier molecular flexibility index (Phi) is 5.82. The topological polar surface area (TPSA) is 57.7 Å². The molecule has 1 atom stereocenters. The summed E-state index contributed by atoms with van der Waals surface area (Å²) in [5.41, 5.74) is 6.14. The minimum Gasteiger partial charge on any atom is -0.305 e. The summed E-state index contributed by atoms with van der Waals surface area (Å²) >= 11 is 0. The number of aryl methyl sites for hydroxylation is 2. The quantitative estimate of drug-likeness (QED) is 0.560. The van der Waals surface area contributed by atoms with Gasteiger partial charge in [0, 0.05) is 17.3 Å². The molecule has 32 heavy (non-hydrogen) atoms. The zero-order valence-electron chi connectivity index (χ0n) is 18.9. The lowest BCUT2D eigenvalue weighted by Crippen LogP contribution is -2.35. The molecule has 0 radical (unpaired) electrons. The van der Waals surface area contributed by atoms with Crippen molar-refractivity contribution in [3.63, 3.8) is 0 Å². The highest BCUT2D eigenvalue weighted by Crippen LogP contribution is 2.33. The van der Waals surface area contributed by atoms with Gasteiger partial charge < -0.3 is 4.90 Å². The maximum absolute atomic E-state index is 13.2. The molecule has 1 amide bonds. The summed E-state index contributed by atoms with van der Waals surface area (Å²) in [6, 6.07) is 21.1. The summed E-state index contributed by atoms with van der Waals surface area (Å²) < 4.78 is 26.6. The fourth-order valence-electron chi connectivity index (χ4n) is 4.30. The van der Waals surface area contributed by atoms with Crippen molar-refractivity contribution in [1.29, 1.82) is 0 Å². The number of hydrogen-bond acceptors (Lipinski definition) is 3. The molecule has 0 spiro atoms. The van der Waals surface area contributed by atoms with Gasteiger partial charge in [0.2, 0.25) is 10.0 Å². The number of hydrogen-bond donors (Lipinski definition) is 0. The zero-order chi connectivity index (χ0) is 23.0. The summed E-state index contributed by atoms with van der Waals surface area (Å²) in [5, 5.41) is 0. The van der Waals surface area contributed by atoms with E-state index in [0.29, 0.717) is 11.3 Å². The second kappa shape index (κ2) is 8.43. The van der Waals surface area contributed by atoms with Crippen molar-refractivity contribution in [1.82, 2.24) is 0 Å². The van der Waals surface area contributed by atoms with Gasteiger partial charge in [0.15, 0.2) is 0 Å². The summed E-state index contributed by atoms with van der Waals surface area (Å²) in [5.74, 6) is -0.0384. The molecule has 0 fully saturated rings. The van der Waals surface area contributed by atoms with E-state index in [0.717, 1.165) is 28.8 Å². The lowest BCUT2D eigenvalue weighted by Gasteiger charge is -2.25. The number of anilines is 2. The first-order valence-electron chi connectivity index (χ1n) is 10.7. The molecule has 1 aliphatic rings. The lowest BCUT2D eigenvalue weighted by molar-refractivity contribution is 0.0981. The Morgan fingerprint density at radius 3 is 2.41 bits per heavy atom. The predicted molar refractivity (Wildman–Crippen MR) is 130 cm³/mol. The van der Waals surface area contributed by atoms with Gasteiger partial charge in [-0.3, -0.25) is 9.10 Å². The summed E-state index contributed by atoms with van der Waals surface area (Å²) in [7, 11) is -3.48. The zero-order valence-corrected chi connectivity index (χ0v) is 19.7. The molecular formula is C26H28N2O3S. The van der Waals surface area contributed by atoms with Gasteiger partial charge in [0.25, 0.3) is 5.91 Å². The van der Waals surface area contributed by atoms with Crippen LogP contribution in [0.5, 0.6) is 0 Å². The van der Waals surface area contributed by atoms with Crippen molar-refractivity contribution in [3.8, 4) is 0 Å². The molecule has 0 saturated carbocycles. The summed E-state index contributed by atoms with van der Waals surface area (Å²) in [4.78, 5) is 15.1. The SMILES string of the molecule is Cc1ccc(C)c(N(Cc2ccc(C(=O)N3c4ccccc4C[C@H]3C)cc2)S(C)(=O)=O)c1. The van der Waals surface area contributed by atoms with E-state index in [-0.39, 0.29) is 18.5 Å². The predicted octanol–water partition coefficient (Wildman–Crippen LogP) is 4.86. The average molecular weight is 449 g/mol. The molecule has 3 aromatic rings. The molecule has 0 unspecified atom stereocenters. The molecular weight excluding hydrogens is 420 g/mol. The Morgan fingerprint density at radius 1 is 1.03 bits per heavy atom. The molecule has 1 aliphatic heterocycles. The van der Waals surface area contributed by atoms with E-state index in [1.54, 1.807) is 12.1 Å². The Labute approximate surface area is 190 Å². The van der Waals surface area contributed by atoms with Gasteiger partial charge in [-0.1, -0.05) is 42.5 Å². The largest absolute Gasteiger partial charge is 0.305 e. The van der Waals surface area contributed by atoms with E-state index in [9.17, 15) is 13.2 Å². The minimum absolute atomic E-state index is 0.0384. The van der Waals surface area contributed by atoms with Crippen LogP contribution < -0.4 is 9.21 Å². The van der Waals surface area contributed by atoms with Crippen molar-refractivity contribution in [3.05, 3.63) is 94.5 Å². The second-order valence-electron chi connectivity index (χ2n) is 8.61. The lowest BCUT2D eigenvalue weighted by atomic mass is 10.1. The van der Waals surface area contributed by atoms with Gasteiger partial charge >= 0.3 is 0 Å². The van der Waals surface area contributed by atoms with Crippen molar-refractivity contribution >= 4 is 27.3 Å². The van der Waals surface area contributed by atoms with E-state index >= 15 is 0 Å². The Balaban J connectivity index is 1.59. The maximum Gasteiger partial charge on any atom is 0.258 e. The number of carbonyl (C=O) groups excluding carboxylic acids is 1. The van der Waals surface area contributed by atoms with Crippen LogP contribution in [0.2, 0.25) is 0 Å². The van der Waals surface area contributed by atoms with Gasteiger partial charge in [-0.2, -0.15) is 0 Å². The Bertz CT molecular complexity index is 1270. The summed E-state index contributed by atoms with van der Waals surface area (Å²) in [6.45, 7) is 6.12. The smallest absolute Gasteiger partial charge is 0.258 e. The van der Waals surface area contributed by atoms with E-state index in [1.807, 2.05) is 67.3 Å². The number of rotatable bonds is 5. The molecule has 4 rings (SSSR count). The summed E-state index contributed by atoms with van der Waals surface area (Å²) in [6.07, 6.45) is 2.07. The standard InChI is InChI=1S/C26H28N2O3S/c1-18-9-10-19(2)25(15-18)27(32(4,30)31)17-21-11-13-22(14-12-21)26(29)28-20(3)16-23-7-5-6-8-24(23)28/h5-15,20H,16-17H2,1-4H3/t20-/m1/s1. The molecule has 5 nitrogen and oxygen atoms in total. The number of nitrogens with zero attached hydrogens (tertiary/aromatic N) is 2. The molecule has 166 valence electrons. The molecule has 0 aromatic heterocycles. The van der Waals surface area contributed by atoms with Crippen LogP contribution in [0.4, 0.5) is 11.4 Å². The normalized spacial score (nSPS) is 15.5. The minimum atomic E-state index is -3.48. The van der Waals surface area contributed by atoms with Gasteiger partial charge in [0.1, 0.15) is 0 Å². The maximum atomic E-state index is 13.2. The van der Waals surface area contributed by atoms with Crippen LogP contribution in [0.15, 0.2) is 66.7 Å². The molecule has 1 heterocycles. The van der Waals surface area contributed by atoms with Crippen molar-refractivity contribution in [2.75, 3.05) is 15.5 Å². The van der Waals surface area contributed by atoms with Gasteiger partial charge in [-0.15, -0.1) is 0 Å². The van der Waals surface area contributed by atoms with Gasteiger partial charge in [-0.25, -0.2) is 8.42 Å². The van der Waals surface area contributed by atoms with E-state index in [1.165, 1.54) is 16.1 Å². The first-order valence-corrected chi connectivity index (χ1v) is 12.6. The highest BCUT2D eigenvalue weighted by molar-refractivity contribution is 7.92. The van der Waals surface area contributed by atoms with Gasteiger partial charge in [0.05, 0.1) is 18.5 Å². The molecule has 0 aliphatic carbocycles. The van der Waals surface area contributed by atoms with E-state index in [2.05, 4.69) is 13.0 Å². The van der Waals surface area contributed by atoms with Crippen LogP contribution in [0.25, 0.3) is 0 Å². The number of sulfonamides is 1. The van der Waals surface area contributed by atoms with E-state index in [4.69, 9.17) is 0 Å². The fraction of sp³-hybridized carbons (Fsp3) is 0.269. The average Bonchev–Trinajstić information content (AvgIpc) is 3.08. The second-order valence-corrected chi connectivity index (χ2v) is 10.5. The van der Waals surface area contributed by atoms with Crippen LogP contribution >= 0.6 is 0 Å². The van der Waals surface area contributed by atoms with Crippen molar-refractivity contribution in [2.45, 2.75) is 39.8 Å². The molecule has 6 heteroatoms. The van der Waals surface area contributed by atoms with Crippen LogP contribution in [0.1, 0.15) is 39.5 Å². The number of amides is 1. The third-order valence-electron chi connectivity index (χ3n) is 5.99. The van der Waals surface area contributed by atoms with Gasteiger partial charge in [-0.05, 0) is 73.7 Å². The third kappa shape index (κ3) is 4.28. The highest BCUT2D eigenvalue weighted by atomic mass is 32.2. The third-order valence-corrected chi connectivity index (χ3v) is 7.11. The number of para-hydroxylation sites is 1. The first-order chi connectivity index (χ1) is 15.1. The van der Waals surface area contributed by atoms with E-state index < -0.39 is 10.0 Å². The Hall–Kier alpha value is -3.12. The number of fused-ring (bicyclic) bond motifs is 1. The van der Waals surface area contributed by atoms with Crippen LogP contribution in [0, 0.1) is 13.8 Å². The van der Waals surface area contributed by atoms with Crippen molar-refractivity contribution in [2.24, 2.45) is 0 Å². The molecule has 0 saturated heterocycles. The molecule has 0 N–H and O–H groups in total. The number of benzene rings is 3. The Morgan fingerprint density at radius 2 is 1.72 bits per heavy atom. The fourth-order valence-corrected chi connectivity index (χ4v) is 5.24. The van der Waals surface area contributed by atoms with Crippen LogP contribution in [-0.2, 0) is 23.0 Å².